The number of halogens is 2. The predicted molar refractivity (Wildman–Crippen MR) is 79.7 cm³/mol. The molecule has 0 aliphatic carbocycles. The van der Waals surface area contributed by atoms with Gasteiger partial charge < -0.3 is 10.5 Å². The molecule has 0 unspecified atom stereocenters. The Morgan fingerprint density at radius 2 is 1.90 bits per heavy atom. The van der Waals surface area contributed by atoms with Crippen LogP contribution in [-0.4, -0.2) is 27.2 Å². The summed E-state index contributed by atoms with van der Waals surface area (Å²) in [6.07, 6.45) is 1.21. The lowest BCUT2D eigenvalue weighted by Crippen LogP contribution is -2.49. The third-order valence-electron chi connectivity index (χ3n) is 3.36. The van der Waals surface area contributed by atoms with Crippen LogP contribution in [0.15, 0.2) is 17.0 Å². The van der Waals surface area contributed by atoms with Gasteiger partial charge in [-0.05, 0) is 31.9 Å². The molecule has 0 saturated carbocycles. The van der Waals surface area contributed by atoms with Crippen molar-refractivity contribution < 1.29 is 13.2 Å². The van der Waals surface area contributed by atoms with Crippen molar-refractivity contribution in [3.63, 3.8) is 0 Å². The summed E-state index contributed by atoms with van der Waals surface area (Å²) in [5.74, 6) is 0. The van der Waals surface area contributed by atoms with Gasteiger partial charge in [0.2, 0.25) is 10.0 Å². The average molecular weight is 339 g/mol. The lowest BCUT2D eigenvalue weighted by Gasteiger charge is -2.34. The number of ether oxygens (including phenoxy) is 1. The maximum absolute atomic E-state index is 12.5. The third-order valence-corrected chi connectivity index (χ3v) is 5.89. The van der Waals surface area contributed by atoms with Gasteiger partial charge >= 0.3 is 0 Å². The van der Waals surface area contributed by atoms with E-state index < -0.39 is 15.6 Å². The van der Waals surface area contributed by atoms with Crippen LogP contribution < -0.4 is 10.5 Å². The molecule has 0 bridgehead atoms. The zero-order valence-electron chi connectivity index (χ0n) is 10.9. The van der Waals surface area contributed by atoms with Gasteiger partial charge in [0, 0.05) is 18.8 Å². The molecule has 0 aromatic heterocycles. The summed E-state index contributed by atoms with van der Waals surface area (Å²) in [6.45, 7) is 2.89. The van der Waals surface area contributed by atoms with Crippen LogP contribution in [0.5, 0.6) is 0 Å². The van der Waals surface area contributed by atoms with Gasteiger partial charge in [0.05, 0.1) is 15.7 Å². The van der Waals surface area contributed by atoms with Crippen LogP contribution in [0.4, 0.5) is 5.69 Å². The van der Waals surface area contributed by atoms with E-state index in [9.17, 15) is 8.42 Å². The number of nitrogens with two attached hydrogens (primary N) is 1. The Balaban J connectivity index is 2.33. The smallest absolute Gasteiger partial charge is 0.242 e. The van der Waals surface area contributed by atoms with E-state index in [4.69, 9.17) is 33.7 Å². The third kappa shape index (κ3) is 3.20. The fourth-order valence-corrected chi connectivity index (χ4v) is 4.29. The van der Waals surface area contributed by atoms with Crippen molar-refractivity contribution in [3.8, 4) is 0 Å². The number of benzene rings is 1. The number of sulfonamides is 1. The SMILES string of the molecule is CC1(NS(=O)(=O)c2ccc(Cl)c(N)c2Cl)CCOCC1. The van der Waals surface area contributed by atoms with Crippen molar-refractivity contribution in [1.82, 2.24) is 4.72 Å². The summed E-state index contributed by atoms with van der Waals surface area (Å²) in [5.41, 5.74) is 5.19. The van der Waals surface area contributed by atoms with E-state index in [1.54, 1.807) is 0 Å². The minimum absolute atomic E-state index is 0.0549. The fourth-order valence-electron chi connectivity index (χ4n) is 2.06. The second kappa shape index (κ2) is 5.69. The molecule has 1 fully saturated rings. The molecule has 1 aromatic rings. The van der Waals surface area contributed by atoms with Gasteiger partial charge in [-0.1, -0.05) is 23.2 Å². The molecule has 0 atom stereocenters. The maximum atomic E-state index is 12.5. The van der Waals surface area contributed by atoms with Gasteiger partial charge in [0.15, 0.2) is 0 Å². The second-order valence-corrected chi connectivity index (χ2v) is 7.49. The standard InChI is InChI=1S/C12H16Cl2N2O3S/c1-12(4-6-19-7-5-12)16-20(17,18)9-3-2-8(13)11(15)10(9)14/h2-3,16H,4-7,15H2,1H3. The molecule has 5 nitrogen and oxygen atoms in total. The summed E-state index contributed by atoms with van der Waals surface area (Å²) in [4.78, 5) is -0.0613. The van der Waals surface area contributed by atoms with Crippen molar-refractivity contribution in [2.75, 3.05) is 18.9 Å². The summed E-state index contributed by atoms with van der Waals surface area (Å²) >= 11 is 11.8. The molecule has 1 aromatic carbocycles. The van der Waals surface area contributed by atoms with Gasteiger partial charge in [-0.3, -0.25) is 0 Å². The average Bonchev–Trinajstić information content (AvgIpc) is 2.35. The van der Waals surface area contributed by atoms with E-state index in [1.165, 1.54) is 12.1 Å². The first kappa shape index (κ1) is 15.9. The van der Waals surface area contributed by atoms with Crippen LogP contribution in [0.25, 0.3) is 0 Å². The first-order valence-corrected chi connectivity index (χ1v) is 8.34. The van der Waals surface area contributed by atoms with Gasteiger partial charge in [0.25, 0.3) is 0 Å². The minimum atomic E-state index is -3.76. The van der Waals surface area contributed by atoms with Crippen LogP contribution in [-0.2, 0) is 14.8 Å². The highest BCUT2D eigenvalue weighted by atomic mass is 35.5. The predicted octanol–water partition coefficient (Wildman–Crippen LogP) is 2.42. The Morgan fingerprint density at radius 3 is 2.50 bits per heavy atom. The Kier molecular flexibility index (Phi) is 4.51. The van der Waals surface area contributed by atoms with E-state index >= 15 is 0 Å². The number of nitrogens with one attached hydrogen (secondary N) is 1. The summed E-state index contributed by atoms with van der Waals surface area (Å²) < 4.78 is 32.8. The normalized spacial score (nSPS) is 18.9. The Bertz CT molecular complexity index is 613. The highest BCUT2D eigenvalue weighted by Crippen LogP contribution is 2.34. The van der Waals surface area contributed by atoms with Gasteiger partial charge in [-0.25, -0.2) is 13.1 Å². The van der Waals surface area contributed by atoms with E-state index in [1.807, 2.05) is 6.92 Å². The van der Waals surface area contributed by atoms with Crippen LogP contribution in [0, 0.1) is 0 Å². The Labute approximate surface area is 128 Å². The van der Waals surface area contributed by atoms with Crippen molar-refractivity contribution >= 4 is 38.9 Å². The number of rotatable bonds is 3. The molecule has 20 heavy (non-hydrogen) atoms. The Morgan fingerprint density at radius 1 is 1.30 bits per heavy atom. The molecule has 112 valence electrons. The monoisotopic (exact) mass is 338 g/mol. The highest BCUT2D eigenvalue weighted by Gasteiger charge is 2.33. The largest absolute Gasteiger partial charge is 0.396 e. The van der Waals surface area contributed by atoms with Crippen LogP contribution in [0.2, 0.25) is 10.0 Å². The zero-order chi connectivity index (χ0) is 15.0. The molecular formula is C12H16Cl2N2O3S. The summed E-state index contributed by atoms with van der Waals surface area (Å²) in [6, 6.07) is 2.77. The van der Waals surface area contributed by atoms with E-state index in [-0.39, 0.29) is 20.6 Å². The molecule has 0 radical (unpaired) electrons. The van der Waals surface area contributed by atoms with Crippen molar-refractivity contribution in [1.29, 1.82) is 0 Å². The number of hydrogen-bond donors (Lipinski definition) is 2. The van der Waals surface area contributed by atoms with E-state index in [0.29, 0.717) is 26.1 Å². The lowest BCUT2D eigenvalue weighted by atomic mass is 9.94. The maximum Gasteiger partial charge on any atom is 0.242 e. The molecule has 0 spiro atoms. The van der Waals surface area contributed by atoms with Gasteiger partial charge in [-0.2, -0.15) is 0 Å². The lowest BCUT2D eigenvalue weighted by molar-refractivity contribution is 0.0537. The molecule has 1 saturated heterocycles. The molecular weight excluding hydrogens is 323 g/mol. The molecule has 8 heteroatoms. The first-order valence-electron chi connectivity index (χ1n) is 6.10. The van der Waals surface area contributed by atoms with Crippen LogP contribution in [0.1, 0.15) is 19.8 Å². The molecule has 1 aliphatic rings. The molecule has 0 amide bonds. The minimum Gasteiger partial charge on any atom is -0.396 e. The van der Waals surface area contributed by atoms with Crippen LogP contribution in [0.3, 0.4) is 0 Å². The number of hydrogen-bond acceptors (Lipinski definition) is 4. The van der Waals surface area contributed by atoms with Crippen molar-refractivity contribution in [2.24, 2.45) is 0 Å². The number of anilines is 1. The van der Waals surface area contributed by atoms with Gasteiger partial charge in [-0.15, -0.1) is 0 Å². The van der Waals surface area contributed by atoms with Crippen molar-refractivity contribution in [2.45, 2.75) is 30.2 Å². The molecule has 1 heterocycles. The Hall–Kier alpha value is -0.530. The van der Waals surface area contributed by atoms with E-state index in [0.717, 1.165) is 0 Å². The second-order valence-electron chi connectivity index (χ2n) is 5.05. The molecule has 2 rings (SSSR count). The van der Waals surface area contributed by atoms with E-state index in [2.05, 4.69) is 4.72 Å². The number of nitrogen functional groups attached to an aromatic ring is 1. The summed E-state index contributed by atoms with van der Waals surface area (Å²) in [7, 11) is -3.76. The van der Waals surface area contributed by atoms with Crippen LogP contribution >= 0.6 is 23.2 Å². The van der Waals surface area contributed by atoms with Gasteiger partial charge in [0.1, 0.15) is 4.90 Å². The zero-order valence-corrected chi connectivity index (χ0v) is 13.3. The fraction of sp³-hybridized carbons (Fsp3) is 0.500. The topological polar surface area (TPSA) is 81.4 Å². The van der Waals surface area contributed by atoms with Crippen molar-refractivity contribution in [3.05, 3.63) is 22.2 Å². The summed E-state index contributed by atoms with van der Waals surface area (Å²) in [5, 5.41) is 0.173. The first-order chi connectivity index (χ1) is 9.25. The highest BCUT2D eigenvalue weighted by molar-refractivity contribution is 7.89. The molecule has 3 N–H and O–H groups in total. The quantitative estimate of drug-likeness (QED) is 0.829. The molecule has 1 aliphatic heterocycles.